The van der Waals surface area contributed by atoms with Crippen LogP contribution >= 0.6 is 0 Å². The molecule has 19 nitrogen and oxygen atoms in total. The van der Waals surface area contributed by atoms with E-state index in [-0.39, 0.29) is 17.8 Å². The van der Waals surface area contributed by atoms with Gasteiger partial charge < -0.3 is 94.8 Å². The number of hydrogen-bond donors (Lipinski definition) is 13. The van der Waals surface area contributed by atoms with Crippen LogP contribution in [0.5, 0.6) is 0 Å². The summed E-state index contributed by atoms with van der Waals surface area (Å²) in [6.45, 7) is 14.5. The third kappa shape index (κ3) is 9.21. The van der Waals surface area contributed by atoms with Gasteiger partial charge in [-0.05, 0) is 124 Å². The van der Waals surface area contributed by atoms with Gasteiger partial charge in [0.25, 0.3) is 0 Å². The number of unbranched alkanes of at least 4 members (excludes halogenated alkanes) is 1. The Kier molecular flexibility index (Phi) is 16.4. The molecule has 3 saturated heterocycles. The van der Waals surface area contributed by atoms with Crippen molar-refractivity contribution in [2.45, 2.75) is 229 Å². The minimum atomic E-state index is -1.86. The van der Waals surface area contributed by atoms with Crippen LogP contribution < -0.4 is 0 Å². The summed E-state index contributed by atoms with van der Waals surface area (Å²) in [7, 11) is 0. The topological polar surface area (TPSA) is 318 Å². The zero-order valence-electron chi connectivity index (χ0n) is 41.0. The minimum Gasteiger partial charge on any atom is -0.394 e. The molecule has 0 spiro atoms. The average molecular weight is 977 g/mol. The van der Waals surface area contributed by atoms with E-state index in [1.54, 1.807) is 0 Å². The normalized spacial score (nSPS) is 52.3. The summed E-state index contributed by atoms with van der Waals surface area (Å²) in [5, 5.41) is 142. The molecule has 7 rings (SSSR count). The van der Waals surface area contributed by atoms with E-state index < -0.39 is 163 Å². The molecule has 0 aromatic carbocycles. The molecule has 68 heavy (non-hydrogen) atoms. The molecule has 3 aliphatic heterocycles. The number of allylic oxidation sites excluding steroid dienone is 2. The molecule has 26 atom stereocenters. The van der Waals surface area contributed by atoms with Crippen LogP contribution in [0.25, 0.3) is 0 Å². The second-order valence-corrected chi connectivity index (χ2v) is 23.4. The van der Waals surface area contributed by atoms with Gasteiger partial charge in [0.1, 0.15) is 73.2 Å². The van der Waals surface area contributed by atoms with E-state index in [9.17, 15) is 66.4 Å². The molecule has 7 fully saturated rings. The molecule has 0 aromatic rings. The van der Waals surface area contributed by atoms with Gasteiger partial charge in [-0.25, -0.2) is 0 Å². The molecular weight excluding hydrogens is 893 g/mol. The largest absolute Gasteiger partial charge is 0.394 e. The maximum absolute atomic E-state index is 12.8. The lowest BCUT2D eigenvalue weighted by Gasteiger charge is -2.72. The minimum absolute atomic E-state index is 0.108. The third-order valence-electron chi connectivity index (χ3n) is 19.0. The molecule has 4 saturated carbocycles. The summed E-state index contributed by atoms with van der Waals surface area (Å²) >= 11 is 0. The number of rotatable bonds is 14. The van der Waals surface area contributed by atoms with Gasteiger partial charge in [-0.2, -0.15) is 0 Å². The zero-order chi connectivity index (χ0) is 50.2. The first-order chi connectivity index (χ1) is 31.8. The van der Waals surface area contributed by atoms with E-state index in [0.717, 1.165) is 12.0 Å². The van der Waals surface area contributed by atoms with Crippen LogP contribution in [-0.4, -0.2) is 202 Å². The monoisotopic (exact) mass is 977 g/mol. The van der Waals surface area contributed by atoms with E-state index in [0.29, 0.717) is 51.4 Å². The predicted molar refractivity (Wildman–Crippen MR) is 240 cm³/mol. The van der Waals surface area contributed by atoms with Gasteiger partial charge in [-0.15, -0.1) is 0 Å². The number of aliphatic hydroxyl groups is 13. The van der Waals surface area contributed by atoms with Crippen molar-refractivity contribution in [3.05, 3.63) is 11.6 Å². The van der Waals surface area contributed by atoms with Crippen molar-refractivity contribution < 1.29 is 94.8 Å². The van der Waals surface area contributed by atoms with Crippen molar-refractivity contribution in [2.24, 2.45) is 45.3 Å². The highest BCUT2D eigenvalue weighted by molar-refractivity contribution is 5.22. The molecule has 4 aliphatic carbocycles. The molecule has 7 aliphatic rings. The first-order valence-corrected chi connectivity index (χ1v) is 25.0. The standard InChI is InChI=1S/C49H84O19/c1-22(2)11-9-10-14-49(8,68-43-39(62)36(59)33(56)27(20-51)65-43)23-12-16-47(6)31(23)24(53)17-29-46(5)15-13-30(54)45(3,4)41(46)25(18-48(29,47)7)63-44-40(37(60)34(57)28(21-52)66-44)67-42-38(61)35(58)32(55)26(19-50)64-42/h11,23-44,50-62H,9-10,12-21H2,1-8H3/t23-,24+,25-,26+,27+,28+,29+,30-,31+,32+,33+,34+,35-,36-,37-,38+,39+,40+,41-,42-,43-,44+,46+,47+,48+,49-/m0/s1. The molecule has 3 heterocycles. The quantitative estimate of drug-likeness (QED) is 0.0584. The molecule has 394 valence electrons. The Balaban J connectivity index is 1.26. The van der Waals surface area contributed by atoms with E-state index in [2.05, 4.69) is 26.8 Å². The Morgan fingerprint density at radius 3 is 1.76 bits per heavy atom. The maximum Gasteiger partial charge on any atom is 0.187 e. The SMILES string of the molecule is CC(C)=CCCC[C@](C)(O[C@@H]1O[C@H](CO)[C@@H](O)[C@H](O)[C@H]1O)[C@H]1CC[C@]2(C)[C@H]1[C@H](O)C[C@@H]1[C@@]3(C)CC[C@H](O)C(C)(C)[C@@H]3[C@@H](O[C@@H]3O[C@H](CO)[C@@H](O)[C@H](O)[C@H]3O[C@@H]3O[C@H](CO)[C@@H](O)[C@H](O)[C@H]3O)C[C@]12C. The smallest absolute Gasteiger partial charge is 0.187 e. The summed E-state index contributed by atoms with van der Waals surface area (Å²) in [6, 6.07) is 0. The zero-order valence-corrected chi connectivity index (χ0v) is 41.0. The maximum atomic E-state index is 12.8. The Morgan fingerprint density at radius 2 is 1.19 bits per heavy atom. The molecule has 13 N–H and O–H groups in total. The Hall–Kier alpha value is -1.02. The van der Waals surface area contributed by atoms with Gasteiger partial charge in [0.05, 0.1) is 43.7 Å². The fourth-order valence-corrected chi connectivity index (χ4v) is 15.1. The van der Waals surface area contributed by atoms with Gasteiger partial charge >= 0.3 is 0 Å². The summed E-state index contributed by atoms with van der Waals surface area (Å²) in [5.41, 5.74) is -2.48. The van der Waals surface area contributed by atoms with Crippen LogP contribution in [0.15, 0.2) is 11.6 Å². The lowest BCUT2D eigenvalue weighted by Crippen LogP contribution is -2.71. The lowest BCUT2D eigenvalue weighted by atomic mass is 9.34. The first-order valence-electron chi connectivity index (χ1n) is 25.0. The van der Waals surface area contributed by atoms with Crippen LogP contribution in [0.4, 0.5) is 0 Å². The highest BCUT2D eigenvalue weighted by Crippen LogP contribution is 2.76. The van der Waals surface area contributed by atoms with Gasteiger partial charge in [0, 0.05) is 0 Å². The summed E-state index contributed by atoms with van der Waals surface area (Å²) in [4.78, 5) is 0. The van der Waals surface area contributed by atoms with Gasteiger partial charge in [-0.3, -0.25) is 0 Å². The lowest BCUT2D eigenvalue weighted by molar-refractivity contribution is -0.383. The molecule has 0 radical (unpaired) electrons. The molecule has 0 bridgehead atoms. The summed E-state index contributed by atoms with van der Waals surface area (Å²) in [6.07, 6.45) is -19.0. The van der Waals surface area contributed by atoms with Gasteiger partial charge in [-0.1, -0.05) is 46.3 Å². The summed E-state index contributed by atoms with van der Waals surface area (Å²) in [5.74, 6) is -1.20. The van der Waals surface area contributed by atoms with Crippen molar-refractivity contribution in [2.75, 3.05) is 19.8 Å². The highest BCUT2D eigenvalue weighted by atomic mass is 16.8. The first kappa shape index (κ1) is 54.7. The molecular formula is C49H84O19. The number of fused-ring (bicyclic) bond motifs is 5. The summed E-state index contributed by atoms with van der Waals surface area (Å²) < 4.78 is 37.9. The van der Waals surface area contributed by atoms with Crippen LogP contribution in [0, 0.1) is 45.3 Å². The van der Waals surface area contributed by atoms with Gasteiger partial charge in [0.15, 0.2) is 18.9 Å². The van der Waals surface area contributed by atoms with Crippen molar-refractivity contribution >= 4 is 0 Å². The highest BCUT2D eigenvalue weighted by Gasteiger charge is 2.74. The van der Waals surface area contributed by atoms with E-state index in [1.165, 1.54) is 0 Å². The van der Waals surface area contributed by atoms with Crippen molar-refractivity contribution in [1.29, 1.82) is 0 Å². The molecule has 0 amide bonds. The van der Waals surface area contributed by atoms with E-state index in [1.807, 2.05) is 34.6 Å². The van der Waals surface area contributed by atoms with Crippen LogP contribution in [0.1, 0.15) is 113 Å². The van der Waals surface area contributed by atoms with E-state index >= 15 is 0 Å². The van der Waals surface area contributed by atoms with Gasteiger partial charge in [0.2, 0.25) is 0 Å². The number of ether oxygens (including phenoxy) is 6. The van der Waals surface area contributed by atoms with Crippen LogP contribution in [0.3, 0.4) is 0 Å². The van der Waals surface area contributed by atoms with Crippen molar-refractivity contribution in [1.82, 2.24) is 0 Å². The predicted octanol–water partition coefficient (Wildman–Crippen LogP) is -0.666. The van der Waals surface area contributed by atoms with E-state index in [4.69, 9.17) is 28.4 Å². The molecule has 0 unspecified atom stereocenters. The Labute approximate surface area is 400 Å². The van der Waals surface area contributed by atoms with Crippen LogP contribution in [0.2, 0.25) is 0 Å². The van der Waals surface area contributed by atoms with Crippen molar-refractivity contribution in [3.8, 4) is 0 Å². The fraction of sp³-hybridized carbons (Fsp3) is 0.959. The Bertz CT molecular complexity index is 1730. The fourth-order valence-electron chi connectivity index (χ4n) is 15.1. The number of hydrogen-bond acceptors (Lipinski definition) is 19. The average Bonchev–Trinajstić information content (AvgIpc) is 3.67. The van der Waals surface area contributed by atoms with Crippen LogP contribution in [-0.2, 0) is 28.4 Å². The molecule has 19 heteroatoms. The Morgan fingerprint density at radius 1 is 0.647 bits per heavy atom. The second-order valence-electron chi connectivity index (χ2n) is 23.4. The number of aliphatic hydroxyl groups excluding tert-OH is 13. The molecule has 0 aromatic heterocycles. The second kappa shape index (κ2) is 20.4. The third-order valence-corrected chi connectivity index (χ3v) is 19.0. The van der Waals surface area contributed by atoms with Crippen molar-refractivity contribution in [3.63, 3.8) is 0 Å².